The molecule has 0 atom stereocenters. The smallest absolute Gasteiger partial charge is 0.132 e. The van der Waals surface area contributed by atoms with Crippen molar-refractivity contribution >= 4 is 0 Å². The van der Waals surface area contributed by atoms with E-state index in [4.69, 9.17) is 5.26 Å². The molecule has 3 aromatic rings. The molecular weight excluding hydrogens is 381 g/mol. The van der Waals surface area contributed by atoms with Gasteiger partial charge in [0.1, 0.15) is 5.82 Å². The van der Waals surface area contributed by atoms with Crippen LogP contribution in [0.5, 0.6) is 0 Å². The van der Waals surface area contributed by atoms with Crippen molar-refractivity contribution in [3.05, 3.63) is 94.8 Å². The Balaban J connectivity index is 1.34. The summed E-state index contributed by atoms with van der Waals surface area (Å²) in [4.78, 5) is 0. The molecular formula is C29H30FN. The maximum absolute atomic E-state index is 14.2. The fraction of sp³-hybridized carbons (Fsp3) is 0.345. The zero-order chi connectivity index (χ0) is 21.6. The van der Waals surface area contributed by atoms with Crippen LogP contribution in [0.2, 0.25) is 0 Å². The van der Waals surface area contributed by atoms with Crippen molar-refractivity contribution in [3.63, 3.8) is 0 Å². The lowest BCUT2D eigenvalue weighted by Crippen LogP contribution is -2.12. The standard InChI is InChI=1S/C29H30FN/c1-2-21-5-12-25(13-6-21)26-14-7-22(8-15-26)3-4-23-9-16-27(17-10-23)28-18-11-24(20-31)19-29(28)30/h7-11,14-19,21,25H,2-6,12-13H2,1H3. The summed E-state index contributed by atoms with van der Waals surface area (Å²) in [6.07, 6.45) is 8.74. The van der Waals surface area contributed by atoms with Gasteiger partial charge in [-0.15, -0.1) is 0 Å². The molecule has 0 aromatic heterocycles. The lowest BCUT2D eigenvalue weighted by atomic mass is 9.78. The van der Waals surface area contributed by atoms with Gasteiger partial charge in [0, 0.05) is 5.56 Å². The van der Waals surface area contributed by atoms with Crippen molar-refractivity contribution in [3.8, 4) is 17.2 Å². The Bertz CT molecular complexity index is 1040. The van der Waals surface area contributed by atoms with Gasteiger partial charge in [0.05, 0.1) is 11.6 Å². The van der Waals surface area contributed by atoms with Gasteiger partial charge in [-0.05, 0) is 84.7 Å². The molecule has 1 nitrogen and oxygen atoms in total. The van der Waals surface area contributed by atoms with Crippen molar-refractivity contribution in [2.24, 2.45) is 5.92 Å². The summed E-state index contributed by atoms with van der Waals surface area (Å²) in [6, 6.07) is 24.0. The number of nitrogens with zero attached hydrogens (tertiary/aromatic N) is 1. The largest absolute Gasteiger partial charge is 0.206 e. The van der Waals surface area contributed by atoms with Gasteiger partial charge in [0.15, 0.2) is 0 Å². The Morgan fingerprint density at radius 2 is 1.45 bits per heavy atom. The minimum Gasteiger partial charge on any atom is -0.206 e. The minimum atomic E-state index is -0.352. The Hall–Kier alpha value is -2.92. The topological polar surface area (TPSA) is 23.8 Å². The maximum atomic E-state index is 14.2. The van der Waals surface area contributed by atoms with Crippen LogP contribution in [0, 0.1) is 23.1 Å². The molecule has 0 radical (unpaired) electrons. The third kappa shape index (κ3) is 5.23. The molecule has 158 valence electrons. The van der Waals surface area contributed by atoms with Gasteiger partial charge in [-0.3, -0.25) is 0 Å². The first-order valence-corrected chi connectivity index (χ1v) is 11.5. The minimum absolute atomic E-state index is 0.345. The fourth-order valence-corrected chi connectivity index (χ4v) is 4.82. The SMILES string of the molecule is CCC1CCC(c2ccc(CCc3ccc(-c4ccc(C#N)cc4F)cc3)cc2)CC1. The van der Waals surface area contributed by atoms with E-state index in [9.17, 15) is 4.39 Å². The average molecular weight is 412 g/mol. The van der Waals surface area contributed by atoms with E-state index in [1.54, 1.807) is 12.1 Å². The van der Waals surface area contributed by atoms with Crippen LogP contribution in [-0.4, -0.2) is 0 Å². The first kappa shape index (κ1) is 21.3. The molecule has 1 fully saturated rings. The normalized spacial score (nSPS) is 18.5. The molecule has 0 N–H and O–H groups in total. The highest BCUT2D eigenvalue weighted by Gasteiger charge is 2.21. The van der Waals surface area contributed by atoms with E-state index in [1.165, 1.54) is 54.9 Å². The Labute approximate surface area is 185 Å². The molecule has 31 heavy (non-hydrogen) atoms. The molecule has 0 amide bonds. The second-order valence-electron chi connectivity index (χ2n) is 8.87. The Morgan fingerprint density at radius 3 is 2.00 bits per heavy atom. The molecule has 4 rings (SSSR count). The van der Waals surface area contributed by atoms with Crippen LogP contribution >= 0.6 is 0 Å². The molecule has 0 aliphatic heterocycles. The van der Waals surface area contributed by atoms with E-state index < -0.39 is 0 Å². The third-order valence-corrected chi connectivity index (χ3v) is 6.94. The van der Waals surface area contributed by atoms with Crippen molar-refractivity contribution < 1.29 is 4.39 Å². The van der Waals surface area contributed by atoms with Crippen LogP contribution in [-0.2, 0) is 12.8 Å². The predicted octanol–water partition coefficient (Wildman–Crippen LogP) is 7.83. The lowest BCUT2D eigenvalue weighted by molar-refractivity contribution is 0.319. The molecule has 1 aliphatic carbocycles. The van der Waals surface area contributed by atoms with Crippen molar-refractivity contribution in [1.29, 1.82) is 5.26 Å². The highest BCUT2D eigenvalue weighted by atomic mass is 19.1. The van der Waals surface area contributed by atoms with Gasteiger partial charge in [-0.2, -0.15) is 5.26 Å². The van der Waals surface area contributed by atoms with E-state index in [1.807, 2.05) is 18.2 Å². The van der Waals surface area contributed by atoms with E-state index in [-0.39, 0.29) is 5.82 Å². The monoisotopic (exact) mass is 411 g/mol. The second kappa shape index (κ2) is 9.92. The molecule has 1 saturated carbocycles. The number of aryl methyl sites for hydroxylation is 2. The van der Waals surface area contributed by atoms with E-state index in [0.29, 0.717) is 11.1 Å². The quantitative estimate of drug-likeness (QED) is 0.405. The average Bonchev–Trinajstić information content (AvgIpc) is 2.83. The number of hydrogen-bond acceptors (Lipinski definition) is 1. The number of benzene rings is 3. The lowest BCUT2D eigenvalue weighted by Gasteiger charge is -2.28. The number of rotatable bonds is 6. The van der Waals surface area contributed by atoms with Crippen LogP contribution in [0.4, 0.5) is 4.39 Å². The molecule has 0 saturated heterocycles. The van der Waals surface area contributed by atoms with Gasteiger partial charge in [0.25, 0.3) is 0 Å². The van der Waals surface area contributed by atoms with Gasteiger partial charge < -0.3 is 0 Å². The van der Waals surface area contributed by atoms with Crippen molar-refractivity contribution in [1.82, 2.24) is 0 Å². The van der Waals surface area contributed by atoms with Gasteiger partial charge in [-0.1, -0.05) is 67.9 Å². The maximum Gasteiger partial charge on any atom is 0.132 e. The molecule has 0 spiro atoms. The van der Waals surface area contributed by atoms with Gasteiger partial charge in [-0.25, -0.2) is 4.39 Å². The number of hydrogen-bond donors (Lipinski definition) is 0. The van der Waals surface area contributed by atoms with E-state index in [0.717, 1.165) is 30.2 Å². The first-order valence-electron chi connectivity index (χ1n) is 11.5. The number of halogens is 1. The highest BCUT2D eigenvalue weighted by molar-refractivity contribution is 5.65. The number of nitriles is 1. The van der Waals surface area contributed by atoms with Crippen LogP contribution in [0.25, 0.3) is 11.1 Å². The van der Waals surface area contributed by atoms with Gasteiger partial charge in [0.2, 0.25) is 0 Å². The highest BCUT2D eigenvalue weighted by Crippen LogP contribution is 2.37. The predicted molar refractivity (Wildman–Crippen MR) is 125 cm³/mol. The van der Waals surface area contributed by atoms with Crippen LogP contribution in [0.3, 0.4) is 0 Å². The zero-order valence-electron chi connectivity index (χ0n) is 18.3. The summed E-state index contributed by atoms with van der Waals surface area (Å²) in [5.74, 6) is 1.33. The Kier molecular flexibility index (Phi) is 6.82. The van der Waals surface area contributed by atoms with Gasteiger partial charge >= 0.3 is 0 Å². The summed E-state index contributed by atoms with van der Waals surface area (Å²) in [5, 5.41) is 8.90. The second-order valence-corrected chi connectivity index (χ2v) is 8.87. The zero-order valence-corrected chi connectivity index (χ0v) is 18.3. The van der Waals surface area contributed by atoms with E-state index in [2.05, 4.69) is 43.3 Å². The van der Waals surface area contributed by atoms with Crippen molar-refractivity contribution in [2.45, 2.75) is 57.8 Å². The van der Waals surface area contributed by atoms with Crippen LogP contribution < -0.4 is 0 Å². The summed E-state index contributed by atoms with van der Waals surface area (Å²) >= 11 is 0. The summed E-state index contributed by atoms with van der Waals surface area (Å²) in [7, 11) is 0. The first-order chi connectivity index (χ1) is 15.2. The summed E-state index contributed by atoms with van der Waals surface area (Å²) in [5.41, 5.74) is 5.85. The summed E-state index contributed by atoms with van der Waals surface area (Å²) < 4.78 is 14.2. The molecule has 2 heteroatoms. The molecule has 0 bridgehead atoms. The Morgan fingerprint density at radius 1 is 0.839 bits per heavy atom. The molecule has 0 unspecified atom stereocenters. The van der Waals surface area contributed by atoms with Crippen LogP contribution in [0.15, 0.2) is 66.7 Å². The van der Waals surface area contributed by atoms with Crippen LogP contribution in [0.1, 0.15) is 67.2 Å². The fourth-order valence-electron chi connectivity index (χ4n) is 4.82. The summed E-state index contributed by atoms with van der Waals surface area (Å²) in [6.45, 7) is 2.32. The molecule has 1 aliphatic rings. The third-order valence-electron chi connectivity index (χ3n) is 6.94. The van der Waals surface area contributed by atoms with Crippen molar-refractivity contribution in [2.75, 3.05) is 0 Å². The van der Waals surface area contributed by atoms with E-state index >= 15 is 0 Å². The molecule has 3 aromatic carbocycles. The molecule has 0 heterocycles.